The first-order chi connectivity index (χ1) is 6.31. The van der Waals surface area contributed by atoms with Crippen LogP contribution in [0.4, 0.5) is 4.39 Å². The van der Waals surface area contributed by atoms with Gasteiger partial charge in [0.2, 0.25) is 0 Å². The van der Waals surface area contributed by atoms with E-state index in [4.69, 9.17) is 9.57 Å². The van der Waals surface area contributed by atoms with Gasteiger partial charge in [-0.25, -0.2) is 4.39 Å². The van der Waals surface area contributed by atoms with Crippen LogP contribution in [0.25, 0.3) is 0 Å². The zero-order chi connectivity index (χ0) is 9.26. The average molecular weight is 183 g/mol. The van der Waals surface area contributed by atoms with Crippen molar-refractivity contribution in [2.45, 2.75) is 6.04 Å². The van der Waals surface area contributed by atoms with E-state index in [0.29, 0.717) is 12.4 Å². The predicted molar refractivity (Wildman–Crippen MR) is 44.8 cm³/mol. The molecular formula is C9H10FNO2. The summed E-state index contributed by atoms with van der Waals surface area (Å²) in [6, 6.07) is 4.50. The van der Waals surface area contributed by atoms with Gasteiger partial charge in [0.1, 0.15) is 18.2 Å². The topological polar surface area (TPSA) is 30.5 Å². The van der Waals surface area contributed by atoms with Gasteiger partial charge in [0.25, 0.3) is 0 Å². The van der Waals surface area contributed by atoms with Crippen LogP contribution in [-0.2, 0) is 4.84 Å². The number of ether oxygens (including phenoxy) is 1. The van der Waals surface area contributed by atoms with Gasteiger partial charge in [0, 0.05) is 11.6 Å². The minimum atomic E-state index is -0.281. The minimum Gasteiger partial charge on any atom is -0.491 e. The first-order valence-corrected chi connectivity index (χ1v) is 4.02. The van der Waals surface area contributed by atoms with Crippen LogP contribution in [0.15, 0.2) is 18.2 Å². The predicted octanol–water partition coefficient (Wildman–Crippen LogP) is 1.41. The van der Waals surface area contributed by atoms with E-state index in [1.54, 1.807) is 13.2 Å². The van der Waals surface area contributed by atoms with Gasteiger partial charge in [0.15, 0.2) is 0 Å². The normalized spacial score (nSPS) is 19.7. The second kappa shape index (κ2) is 3.32. The fraction of sp³-hybridized carbons (Fsp3) is 0.333. The molecule has 1 atom stereocenters. The van der Waals surface area contributed by atoms with E-state index in [1.807, 2.05) is 0 Å². The Morgan fingerprint density at radius 2 is 2.46 bits per heavy atom. The molecular weight excluding hydrogens is 173 g/mol. The Morgan fingerprint density at radius 3 is 3.23 bits per heavy atom. The first-order valence-electron chi connectivity index (χ1n) is 4.02. The second-order valence-electron chi connectivity index (χ2n) is 2.87. The molecule has 13 heavy (non-hydrogen) atoms. The van der Waals surface area contributed by atoms with Crippen molar-refractivity contribution >= 4 is 0 Å². The lowest BCUT2D eigenvalue weighted by Crippen LogP contribution is -2.20. The van der Waals surface area contributed by atoms with Crippen LogP contribution in [0.2, 0.25) is 0 Å². The first kappa shape index (κ1) is 8.47. The summed E-state index contributed by atoms with van der Waals surface area (Å²) >= 11 is 0. The van der Waals surface area contributed by atoms with E-state index < -0.39 is 0 Å². The molecule has 1 aliphatic rings. The molecule has 2 rings (SSSR count). The summed E-state index contributed by atoms with van der Waals surface area (Å²) in [4.78, 5) is 4.79. The smallest absolute Gasteiger partial charge is 0.127 e. The van der Waals surface area contributed by atoms with E-state index in [-0.39, 0.29) is 11.9 Å². The number of nitrogens with one attached hydrogen (secondary N) is 1. The minimum absolute atomic E-state index is 0.000556. The van der Waals surface area contributed by atoms with Crippen LogP contribution in [0.5, 0.6) is 5.75 Å². The Balaban J connectivity index is 2.27. The molecule has 0 spiro atoms. The van der Waals surface area contributed by atoms with Crippen molar-refractivity contribution in [3.8, 4) is 5.75 Å². The highest BCUT2D eigenvalue weighted by Crippen LogP contribution is 2.32. The van der Waals surface area contributed by atoms with E-state index in [2.05, 4.69) is 5.48 Å². The van der Waals surface area contributed by atoms with Gasteiger partial charge >= 0.3 is 0 Å². The molecule has 0 fully saturated rings. The number of halogens is 1. The third-order valence-corrected chi connectivity index (χ3v) is 2.02. The lowest BCUT2D eigenvalue weighted by atomic mass is 10.1. The summed E-state index contributed by atoms with van der Waals surface area (Å²) in [7, 11) is 1.54. The average Bonchev–Trinajstić information content (AvgIpc) is 2.49. The Hall–Kier alpha value is -1.13. The molecule has 3 nitrogen and oxygen atoms in total. The Morgan fingerprint density at radius 1 is 1.62 bits per heavy atom. The maximum atomic E-state index is 12.7. The molecule has 0 radical (unpaired) electrons. The Kier molecular flexibility index (Phi) is 2.16. The van der Waals surface area contributed by atoms with Crippen LogP contribution >= 0.6 is 0 Å². The lowest BCUT2D eigenvalue weighted by molar-refractivity contribution is 0.0536. The maximum Gasteiger partial charge on any atom is 0.127 e. The molecule has 0 saturated carbocycles. The molecule has 70 valence electrons. The van der Waals surface area contributed by atoms with E-state index in [0.717, 1.165) is 5.56 Å². The number of rotatable bonds is 2. The molecule has 0 bridgehead atoms. The summed E-state index contributed by atoms with van der Waals surface area (Å²) in [5, 5.41) is 0. The zero-order valence-electron chi connectivity index (χ0n) is 7.21. The Bertz CT molecular complexity index is 316. The third-order valence-electron chi connectivity index (χ3n) is 2.02. The quantitative estimate of drug-likeness (QED) is 0.703. The molecule has 0 aliphatic carbocycles. The van der Waals surface area contributed by atoms with Gasteiger partial charge in [-0.05, 0) is 6.07 Å². The fourth-order valence-corrected chi connectivity index (χ4v) is 1.42. The van der Waals surface area contributed by atoms with Crippen LogP contribution in [0.1, 0.15) is 11.6 Å². The van der Waals surface area contributed by atoms with Gasteiger partial charge in [-0.3, -0.25) is 0 Å². The molecule has 0 amide bonds. The van der Waals surface area contributed by atoms with Crippen molar-refractivity contribution in [3.05, 3.63) is 29.6 Å². The van der Waals surface area contributed by atoms with Crippen LogP contribution in [0, 0.1) is 5.82 Å². The standard InChI is InChI=1S/C9H10FNO2/c1-12-11-8-5-13-9-4-6(10)2-3-7(8)9/h2-4,8,11H,5H2,1H3. The zero-order valence-corrected chi connectivity index (χ0v) is 7.21. The maximum absolute atomic E-state index is 12.7. The number of hydroxylamine groups is 1. The largest absolute Gasteiger partial charge is 0.491 e. The summed E-state index contributed by atoms with van der Waals surface area (Å²) in [6.45, 7) is 0.479. The van der Waals surface area contributed by atoms with Crippen LogP contribution < -0.4 is 10.2 Å². The molecule has 1 aromatic carbocycles. The lowest BCUT2D eigenvalue weighted by Gasteiger charge is -2.07. The van der Waals surface area contributed by atoms with Crippen LogP contribution in [-0.4, -0.2) is 13.7 Å². The second-order valence-corrected chi connectivity index (χ2v) is 2.87. The van der Waals surface area contributed by atoms with E-state index in [9.17, 15) is 4.39 Å². The third kappa shape index (κ3) is 1.50. The van der Waals surface area contributed by atoms with Gasteiger partial charge in [-0.15, -0.1) is 0 Å². The Labute approximate surface area is 75.4 Å². The van der Waals surface area contributed by atoms with Gasteiger partial charge in [-0.1, -0.05) is 6.07 Å². The van der Waals surface area contributed by atoms with Crippen LogP contribution in [0.3, 0.4) is 0 Å². The van der Waals surface area contributed by atoms with Gasteiger partial charge in [-0.2, -0.15) is 5.48 Å². The van der Waals surface area contributed by atoms with Gasteiger partial charge in [0.05, 0.1) is 13.2 Å². The summed E-state index contributed by atoms with van der Waals surface area (Å²) < 4.78 is 18.0. The summed E-state index contributed by atoms with van der Waals surface area (Å²) in [6.07, 6.45) is 0. The fourth-order valence-electron chi connectivity index (χ4n) is 1.42. The molecule has 1 aromatic rings. The summed E-state index contributed by atoms with van der Waals surface area (Å²) in [5.41, 5.74) is 3.71. The highest BCUT2D eigenvalue weighted by molar-refractivity contribution is 5.39. The molecule has 0 aromatic heterocycles. The van der Waals surface area contributed by atoms with Crippen molar-refractivity contribution < 1.29 is 14.0 Å². The molecule has 1 aliphatic heterocycles. The molecule has 1 unspecified atom stereocenters. The van der Waals surface area contributed by atoms with Crippen molar-refractivity contribution in [2.24, 2.45) is 0 Å². The monoisotopic (exact) mass is 183 g/mol. The van der Waals surface area contributed by atoms with Gasteiger partial charge < -0.3 is 9.57 Å². The highest BCUT2D eigenvalue weighted by atomic mass is 19.1. The molecule has 1 heterocycles. The highest BCUT2D eigenvalue weighted by Gasteiger charge is 2.23. The SMILES string of the molecule is CONC1COc2cc(F)ccc21. The van der Waals surface area contributed by atoms with Crippen molar-refractivity contribution in [1.82, 2.24) is 5.48 Å². The number of fused-ring (bicyclic) bond motifs is 1. The molecule has 4 heteroatoms. The van der Waals surface area contributed by atoms with E-state index in [1.165, 1.54) is 12.1 Å². The summed E-state index contributed by atoms with van der Waals surface area (Å²) in [5.74, 6) is 0.311. The number of benzene rings is 1. The van der Waals surface area contributed by atoms with Crippen molar-refractivity contribution in [2.75, 3.05) is 13.7 Å². The van der Waals surface area contributed by atoms with Crippen molar-refractivity contribution in [3.63, 3.8) is 0 Å². The molecule has 0 saturated heterocycles. The number of hydrogen-bond acceptors (Lipinski definition) is 3. The van der Waals surface area contributed by atoms with Crippen molar-refractivity contribution in [1.29, 1.82) is 0 Å². The number of hydrogen-bond donors (Lipinski definition) is 1. The molecule has 1 N–H and O–H groups in total. The van der Waals surface area contributed by atoms with E-state index >= 15 is 0 Å².